The maximum absolute atomic E-state index is 13.9. The van der Waals surface area contributed by atoms with E-state index < -0.39 is 5.54 Å². The number of hydrogen-bond acceptors (Lipinski definition) is 3. The molecule has 23 heavy (non-hydrogen) atoms. The lowest BCUT2D eigenvalue weighted by atomic mass is 9.88. The number of rotatable bonds is 5. The van der Waals surface area contributed by atoms with Crippen LogP contribution in [-0.2, 0) is 0 Å². The second kappa shape index (κ2) is 6.87. The van der Waals surface area contributed by atoms with Crippen molar-refractivity contribution >= 4 is 5.91 Å². The van der Waals surface area contributed by atoms with Crippen LogP contribution in [0.5, 0.6) is 0 Å². The smallest absolute Gasteiger partial charge is 0.253 e. The van der Waals surface area contributed by atoms with Gasteiger partial charge in [-0.3, -0.25) is 9.78 Å². The minimum atomic E-state index is -0.509. The summed E-state index contributed by atoms with van der Waals surface area (Å²) in [5.41, 5.74) is 6.65. The fourth-order valence-electron chi connectivity index (χ4n) is 2.17. The highest BCUT2D eigenvalue weighted by Gasteiger charge is 2.29. The molecule has 122 valence electrons. The van der Waals surface area contributed by atoms with Crippen LogP contribution in [-0.4, -0.2) is 23.0 Å². The predicted molar refractivity (Wildman–Crippen MR) is 89.4 cm³/mol. The van der Waals surface area contributed by atoms with Gasteiger partial charge in [-0.1, -0.05) is 32.0 Å². The zero-order chi connectivity index (χ0) is 17.0. The van der Waals surface area contributed by atoms with Crippen LogP contribution in [0.25, 0.3) is 11.1 Å². The van der Waals surface area contributed by atoms with Gasteiger partial charge in [-0.15, -0.1) is 0 Å². The van der Waals surface area contributed by atoms with Crippen LogP contribution in [0.2, 0.25) is 0 Å². The summed E-state index contributed by atoms with van der Waals surface area (Å²) >= 11 is 0. The molecule has 4 nitrogen and oxygen atoms in total. The molecule has 0 spiro atoms. The van der Waals surface area contributed by atoms with Gasteiger partial charge in [0.15, 0.2) is 0 Å². The average molecular weight is 315 g/mol. The first-order valence-corrected chi connectivity index (χ1v) is 7.60. The van der Waals surface area contributed by atoms with Gasteiger partial charge in [0.2, 0.25) is 0 Å². The molecule has 0 aliphatic rings. The summed E-state index contributed by atoms with van der Waals surface area (Å²) in [6.07, 6.45) is 3.01. The number of nitrogens with two attached hydrogens (primary N) is 1. The lowest BCUT2D eigenvalue weighted by Gasteiger charge is -2.33. The van der Waals surface area contributed by atoms with Gasteiger partial charge in [-0.2, -0.15) is 0 Å². The summed E-state index contributed by atoms with van der Waals surface area (Å²) in [4.78, 5) is 16.6. The molecule has 1 unspecified atom stereocenters. The number of carbonyl (C=O) groups excluding carboxylic acids is 1. The number of hydrogen-bond donors (Lipinski definition) is 2. The van der Waals surface area contributed by atoms with Gasteiger partial charge in [0.25, 0.3) is 5.91 Å². The van der Waals surface area contributed by atoms with E-state index in [2.05, 4.69) is 10.3 Å². The largest absolute Gasteiger partial charge is 0.345 e. The quantitative estimate of drug-likeness (QED) is 0.891. The van der Waals surface area contributed by atoms with Crippen LogP contribution in [0.15, 0.2) is 42.7 Å². The molecule has 5 heteroatoms. The van der Waals surface area contributed by atoms with Crippen LogP contribution in [0.3, 0.4) is 0 Å². The molecule has 2 aromatic rings. The molecule has 3 N–H and O–H groups in total. The fourth-order valence-corrected chi connectivity index (χ4v) is 2.17. The van der Waals surface area contributed by atoms with Crippen LogP contribution >= 0.6 is 0 Å². The fraction of sp³-hybridized carbons (Fsp3) is 0.333. The van der Waals surface area contributed by atoms with Crippen LogP contribution < -0.4 is 11.1 Å². The Kier molecular flexibility index (Phi) is 5.11. The third kappa shape index (κ3) is 3.74. The molecule has 0 radical (unpaired) electrons. The van der Waals surface area contributed by atoms with E-state index in [1.54, 1.807) is 30.5 Å². The Bertz CT molecular complexity index is 702. The number of pyridine rings is 1. The third-order valence-corrected chi connectivity index (χ3v) is 4.28. The SMILES string of the molecule is CC(C)C(C)(CN)NC(=O)c1cncc(-c2ccccc2F)c1. The number of aromatic nitrogens is 1. The van der Waals surface area contributed by atoms with Crippen LogP contribution in [0, 0.1) is 11.7 Å². The summed E-state index contributed by atoms with van der Waals surface area (Å²) in [6.45, 7) is 6.24. The number of nitrogens with zero attached hydrogens (tertiary/aromatic N) is 1. The Hall–Kier alpha value is -2.27. The van der Waals surface area contributed by atoms with E-state index in [-0.39, 0.29) is 17.6 Å². The molecule has 1 heterocycles. The zero-order valence-electron chi connectivity index (χ0n) is 13.6. The molecular formula is C18H22FN3O. The van der Waals surface area contributed by atoms with Gasteiger partial charge in [0.05, 0.1) is 11.1 Å². The Balaban J connectivity index is 2.30. The average Bonchev–Trinajstić information content (AvgIpc) is 2.55. The number of amides is 1. The van der Waals surface area contributed by atoms with E-state index in [9.17, 15) is 9.18 Å². The molecule has 1 amide bonds. The molecule has 0 aliphatic heterocycles. The molecule has 0 aliphatic carbocycles. The minimum absolute atomic E-state index is 0.180. The maximum Gasteiger partial charge on any atom is 0.253 e. The van der Waals surface area contributed by atoms with E-state index in [4.69, 9.17) is 5.73 Å². The molecule has 0 fully saturated rings. The summed E-state index contributed by atoms with van der Waals surface area (Å²) in [7, 11) is 0. The number of halogens is 1. The van der Waals surface area contributed by atoms with Crippen LogP contribution in [0.1, 0.15) is 31.1 Å². The molecule has 1 aromatic heterocycles. The highest BCUT2D eigenvalue weighted by Crippen LogP contribution is 2.23. The van der Waals surface area contributed by atoms with Crippen molar-refractivity contribution in [2.45, 2.75) is 26.3 Å². The van der Waals surface area contributed by atoms with Gasteiger partial charge in [-0.25, -0.2) is 4.39 Å². The van der Waals surface area contributed by atoms with Gasteiger partial charge < -0.3 is 11.1 Å². The lowest BCUT2D eigenvalue weighted by Crippen LogP contribution is -2.55. The number of carbonyl (C=O) groups is 1. The van der Waals surface area contributed by atoms with Crippen molar-refractivity contribution in [1.82, 2.24) is 10.3 Å². The highest BCUT2D eigenvalue weighted by molar-refractivity contribution is 5.95. The van der Waals surface area contributed by atoms with E-state index in [0.29, 0.717) is 23.2 Å². The normalized spacial score (nSPS) is 13.7. The Morgan fingerprint density at radius 1 is 1.35 bits per heavy atom. The van der Waals surface area contributed by atoms with Crippen molar-refractivity contribution in [3.8, 4) is 11.1 Å². The first-order valence-electron chi connectivity index (χ1n) is 7.60. The second-order valence-electron chi connectivity index (χ2n) is 6.17. The molecular weight excluding hydrogens is 293 g/mol. The highest BCUT2D eigenvalue weighted by atomic mass is 19.1. The predicted octanol–water partition coefficient (Wildman–Crippen LogP) is 2.99. The van der Waals surface area contributed by atoms with Gasteiger partial charge >= 0.3 is 0 Å². The van der Waals surface area contributed by atoms with Gasteiger partial charge in [0, 0.05) is 30.1 Å². The topological polar surface area (TPSA) is 68.0 Å². The molecule has 1 aromatic carbocycles. The van der Waals surface area contributed by atoms with Crippen molar-refractivity contribution in [2.75, 3.05) is 6.54 Å². The first kappa shape index (κ1) is 17.1. The van der Waals surface area contributed by atoms with E-state index in [1.165, 1.54) is 12.3 Å². The molecule has 0 saturated heterocycles. The van der Waals surface area contributed by atoms with Crippen molar-refractivity contribution in [3.63, 3.8) is 0 Å². The number of benzene rings is 1. The summed E-state index contributed by atoms with van der Waals surface area (Å²) in [6, 6.07) is 8.05. The molecule has 0 saturated carbocycles. The standard InChI is InChI=1S/C18H22FN3O/c1-12(2)18(3,11-20)22-17(23)14-8-13(9-21-10-14)15-6-4-5-7-16(15)19/h4-10,12H,11,20H2,1-3H3,(H,22,23). The molecule has 2 rings (SSSR count). The van der Waals surface area contributed by atoms with Crippen molar-refractivity contribution in [3.05, 3.63) is 54.1 Å². The number of nitrogens with one attached hydrogen (secondary N) is 1. The zero-order valence-corrected chi connectivity index (χ0v) is 13.6. The Morgan fingerprint density at radius 3 is 2.65 bits per heavy atom. The maximum atomic E-state index is 13.9. The minimum Gasteiger partial charge on any atom is -0.345 e. The second-order valence-corrected chi connectivity index (χ2v) is 6.17. The summed E-state index contributed by atoms with van der Waals surface area (Å²) in [5, 5.41) is 2.95. The van der Waals surface area contributed by atoms with Crippen molar-refractivity contribution < 1.29 is 9.18 Å². The summed E-state index contributed by atoms with van der Waals surface area (Å²) < 4.78 is 13.9. The monoisotopic (exact) mass is 315 g/mol. The van der Waals surface area contributed by atoms with Crippen molar-refractivity contribution in [2.24, 2.45) is 11.7 Å². The summed E-state index contributed by atoms with van der Waals surface area (Å²) in [5.74, 6) is -0.433. The van der Waals surface area contributed by atoms with Crippen LogP contribution in [0.4, 0.5) is 4.39 Å². The van der Waals surface area contributed by atoms with E-state index in [0.717, 1.165) is 0 Å². The Morgan fingerprint density at radius 2 is 2.04 bits per heavy atom. The van der Waals surface area contributed by atoms with Crippen molar-refractivity contribution in [1.29, 1.82) is 0 Å². The Labute approximate surface area is 135 Å². The third-order valence-electron chi connectivity index (χ3n) is 4.28. The molecule has 1 atom stereocenters. The molecule has 0 bridgehead atoms. The van der Waals surface area contributed by atoms with E-state index >= 15 is 0 Å². The lowest BCUT2D eigenvalue weighted by molar-refractivity contribution is 0.0883. The first-order chi connectivity index (χ1) is 10.9. The van der Waals surface area contributed by atoms with E-state index in [1.807, 2.05) is 20.8 Å². The van der Waals surface area contributed by atoms with Gasteiger partial charge in [-0.05, 0) is 25.0 Å². The van der Waals surface area contributed by atoms with Gasteiger partial charge in [0.1, 0.15) is 5.82 Å².